The van der Waals surface area contributed by atoms with Crippen molar-refractivity contribution in [3.05, 3.63) is 45.1 Å². The number of aromatic hydroxyl groups is 2. The van der Waals surface area contributed by atoms with Crippen molar-refractivity contribution in [2.75, 3.05) is 19.3 Å². The molecule has 2 unspecified atom stereocenters. The number of halogens is 1. The standard InChI is InChI=1S/C35H40ClN5O10S2/c1-15-21(13-41(4)18-5-6-19(41)8-16(7-18)9-24(42)17-10-22(36)29(45)26(44)11-17)28(32(47)48)40-30(46)20(31(40)53-15)12-25(43)27(23-14-52-34(37)38-23)39-51-35(2,3)33(49)50/h10-11,14-16,18-20,31H,5-9,12-13H2,1-4H3,(H5-,37,38,39,42,43,44,45,47,48,49,50)/p+1/t15-,16?,18-,19+,20+,31+,41?/m0/s1. The van der Waals surface area contributed by atoms with E-state index in [4.69, 9.17) is 22.2 Å². The van der Waals surface area contributed by atoms with Crippen LogP contribution in [0.4, 0.5) is 5.13 Å². The average molecular weight is 791 g/mol. The van der Waals surface area contributed by atoms with E-state index in [9.17, 15) is 44.4 Å². The zero-order chi connectivity index (χ0) is 38.7. The van der Waals surface area contributed by atoms with Gasteiger partial charge in [0.15, 0.2) is 33.9 Å². The molecule has 0 aliphatic carbocycles. The van der Waals surface area contributed by atoms with Gasteiger partial charge in [0.1, 0.15) is 17.9 Å². The normalized spacial score (nSPS) is 28.4. The third-order valence-electron chi connectivity index (χ3n) is 11.1. The Morgan fingerprint density at radius 1 is 1.13 bits per heavy atom. The van der Waals surface area contributed by atoms with Crippen LogP contribution in [0.1, 0.15) is 75.3 Å². The second kappa shape index (κ2) is 14.2. The van der Waals surface area contributed by atoms with Gasteiger partial charge >= 0.3 is 11.9 Å². The number of anilines is 1. The number of likely N-dealkylation sites (N-methyl/N-ethyl adjacent to an activating group) is 1. The van der Waals surface area contributed by atoms with Gasteiger partial charge in [0.05, 0.1) is 35.4 Å². The summed E-state index contributed by atoms with van der Waals surface area (Å²) < 4.78 is 0.589. The summed E-state index contributed by atoms with van der Waals surface area (Å²) in [4.78, 5) is 75.6. The highest BCUT2D eigenvalue weighted by Gasteiger charge is 2.58. The lowest BCUT2D eigenvalue weighted by atomic mass is 9.83. The summed E-state index contributed by atoms with van der Waals surface area (Å²) in [5, 5.41) is 44.2. The predicted octanol–water partition coefficient (Wildman–Crippen LogP) is 4.25. The lowest BCUT2D eigenvalue weighted by Crippen LogP contribution is -2.64. The van der Waals surface area contributed by atoms with Crippen LogP contribution in [-0.4, -0.2) is 112 Å². The van der Waals surface area contributed by atoms with Crippen LogP contribution in [-0.2, 0) is 24.0 Å². The summed E-state index contributed by atoms with van der Waals surface area (Å²) in [7, 11) is 2.12. The van der Waals surface area contributed by atoms with E-state index in [1.165, 1.54) is 48.0 Å². The van der Waals surface area contributed by atoms with E-state index < -0.39 is 52.0 Å². The fraction of sp³-hybridized carbons (Fsp3) is 0.514. The predicted molar refractivity (Wildman–Crippen MR) is 196 cm³/mol. The monoisotopic (exact) mass is 790 g/mol. The Balaban J connectivity index is 1.18. The second-order valence-electron chi connectivity index (χ2n) is 14.9. The lowest BCUT2D eigenvalue weighted by Gasteiger charge is -2.53. The largest absolute Gasteiger partial charge is 0.504 e. The zero-order valence-corrected chi connectivity index (χ0v) is 31.8. The van der Waals surface area contributed by atoms with Crippen LogP contribution >= 0.6 is 34.7 Å². The number of nitrogen functional groups attached to an aromatic ring is 1. The number of ketones is 2. The molecule has 1 amide bonds. The number of nitrogens with zero attached hydrogens (tertiary/aromatic N) is 4. The first-order valence-electron chi connectivity index (χ1n) is 17.1. The van der Waals surface area contributed by atoms with Gasteiger partial charge in [-0.3, -0.25) is 19.3 Å². The Kier molecular flexibility index (Phi) is 10.3. The summed E-state index contributed by atoms with van der Waals surface area (Å²) in [6.07, 6.45) is 3.22. The highest BCUT2D eigenvalue weighted by molar-refractivity contribution is 8.00. The molecular formula is C35H41ClN5O10S2+. The van der Waals surface area contributed by atoms with Gasteiger partial charge in [-0.05, 0) is 38.8 Å². The zero-order valence-electron chi connectivity index (χ0n) is 29.4. The SMILES string of the molecule is C[C@@H]1S[C@@H]2[C@H](CC(=O)/C(=N\OC(C)(C)C(=O)O)c3csc(N)n3)C(=O)N2C(C(=O)O)=C1C[N+]1(C)[C@@H]2CC[C@H]1CC(CC(=O)c1cc(O)c(O)c(Cl)c1)C2. The van der Waals surface area contributed by atoms with Gasteiger partial charge in [0, 0.05) is 60.3 Å². The first-order valence-corrected chi connectivity index (χ1v) is 19.3. The lowest BCUT2D eigenvalue weighted by molar-refractivity contribution is -0.945. The number of carbonyl (C=O) groups excluding carboxylic acids is 3. The van der Waals surface area contributed by atoms with Gasteiger partial charge in [0.25, 0.3) is 0 Å². The number of aromatic nitrogens is 1. The number of hydrogen-bond acceptors (Lipinski definition) is 13. The second-order valence-corrected chi connectivity index (χ2v) is 17.6. The van der Waals surface area contributed by atoms with Gasteiger partial charge in [-0.25, -0.2) is 14.6 Å². The van der Waals surface area contributed by atoms with Crippen molar-refractivity contribution in [2.24, 2.45) is 17.0 Å². The molecule has 18 heteroatoms. The third-order valence-corrected chi connectivity index (χ3v) is 13.6. The van der Waals surface area contributed by atoms with Crippen molar-refractivity contribution >= 4 is 75.0 Å². The molecule has 2 bridgehead atoms. The van der Waals surface area contributed by atoms with Crippen LogP contribution < -0.4 is 5.73 Å². The Morgan fingerprint density at radius 2 is 1.79 bits per heavy atom. The average Bonchev–Trinajstić information content (AvgIpc) is 3.55. The summed E-state index contributed by atoms with van der Waals surface area (Å²) in [5.74, 6) is -5.58. The van der Waals surface area contributed by atoms with Crippen molar-refractivity contribution in [2.45, 2.75) is 87.6 Å². The fourth-order valence-corrected chi connectivity index (χ4v) is 10.4. The topological polar surface area (TPSA) is 230 Å². The molecule has 3 fully saturated rings. The molecule has 6 N–H and O–H groups in total. The fourth-order valence-electron chi connectivity index (χ4n) is 8.09. The van der Waals surface area contributed by atoms with Gasteiger partial charge < -0.3 is 35.5 Å². The molecule has 0 saturated carbocycles. The van der Waals surface area contributed by atoms with Crippen LogP contribution in [0.5, 0.6) is 11.5 Å². The third kappa shape index (κ3) is 7.11. The molecule has 15 nitrogen and oxygen atoms in total. The number of carboxylic acid groups (broad SMARTS) is 2. The molecule has 3 saturated heterocycles. The number of thioether (sulfide) groups is 1. The Labute approximate surface area is 318 Å². The number of oxime groups is 1. The van der Waals surface area contributed by atoms with Crippen molar-refractivity contribution in [1.82, 2.24) is 9.88 Å². The van der Waals surface area contributed by atoms with E-state index >= 15 is 0 Å². The molecule has 53 heavy (non-hydrogen) atoms. The van der Waals surface area contributed by atoms with Crippen molar-refractivity contribution < 1.29 is 53.7 Å². The minimum absolute atomic E-state index is 0.0669. The summed E-state index contributed by atoms with van der Waals surface area (Å²) in [6, 6.07) is 2.88. The number of phenolic OH excluding ortho intramolecular Hbond substituents is 2. The number of benzene rings is 1. The van der Waals surface area contributed by atoms with E-state index in [2.05, 4.69) is 17.2 Å². The van der Waals surface area contributed by atoms with Gasteiger partial charge in [0.2, 0.25) is 11.5 Å². The van der Waals surface area contributed by atoms with Crippen molar-refractivity contribution in [1.29, 1.82) is 0 Å². The van der Waals surface area contributed by atoms with Crippen molar-refractivity contribution in [3.8, 4) is 11.5 Å². The number of nitrogens with two attached hydrogens (primary N) is 1. The minimum atomic E-state index is -1.76. The number of aliphatic carboxylic acids is 2. The molecule has 0 radical (unpaired) electrons. The molecule has 7 atom stereocenters. The minimum Gasteiger partial charge on any atom is -0.504 e. The maximum atomic E-state index is 13.7. The number of hydrogen-bond donors (Lipinski definition) is 5. The number of rotatable bonds is 13. The Morgan fingerprint density at radius 3 is 2.36 bits per heavy atom. The number of phenols is 2. The van der Waals surface area contributed by atoms with Crippen LogP contribution in [0.25, 0.3) is 0 Å². The number of fused-ring (bicyclic) bond motifs is 3. The number of β-lactam (4-membered cyclic amide) rings is 1. The van der Waals surface area contributed by atoms with E-state index in [1.807, 2.05) is 6.92 Å². The highest BCUT2D eigenvalue weighted by Crippen LogP contribution is 2.51. The van der Waals surface area contributed by atoms with E-state index in [-0.39, 0.29) is 74.7 Å². The maximum absolute atomic E-state index is 13.7. The van der Waals surface area contributed by atoms with E-state index in [0.717, 1.165) is 37.0 Å². The van der Waals surface area contributed by atoms with Crippen LogP contribution in [0, 0.1) is 11.8 Å². The molecule has 4 aliphatic heterocycles. The number of thiazole rings is 1. The first kappa shape index (κ1) is 38.5. The van der Waals surface area contributed by atoms with Gasteiger partial charge in [-0.1, -0.05) is 16.8 Å². The summed E-state index contributed by atoms with van der Waals surface area (Å²) in [6.45, 7) is 4.85. The molecule has 1 aromatic carbocycles. The molecule has 4 aliphatic rings. The molecule has 1 aromatic heterocycles. The maximum Gasteiger partial charge on any atom is 0.352 e. The molecule has 0 spiro atoms. The summed E-state index contributed by atoms with van der Waals surface area (Å²) >= 11 is 8.45. The smallest absolute Gasteiger partial charge is 0.352 e. The van der Waals surface area contributed by atoms with E-state index in [0.29, 0.717) is 16.6 Å². The van der Waals surface area contributed by atoms with Crippen LogP contribution in [0.2, 0.25) is 5.02 Å². The molecule has 5 heterocycles. The summed E-state index contributed by atoms with van der Waals surface area (Å²) in [5.41, 5.74) is 4.60. The molecule has 2 aromatic rings. The highest BCUT2D eigenvalue weighted by atomic mass is 35.5. The number of piperidine rings is 1. The number of carbonyl (C=O) groups is 5. The van der Waals surface area contributed by atoms with Crippen LogP contribution in [0.3, 0.4) is 0 Å². The molecular weight excluding hydrogens is 750 g/mol. The number of amides is 1. The quantitative estimate of drug-likeness (QED) is 0.0478. The van der Waals surface area contributed by atoms with Crippen molar-refractivity contribution in [3.63, 3.8) is 0 Å². The Hall–Kier alpha value is -4.19. The van der Waals surface area contributed by atoms with E-state index in [1.54, 1.807) is 0 Å². The van der Waals surface area contributed by atoms with Gasteiger partial charge in [-0.2, -0.15) is 0 Å². The number of carboxylic acids is 2. The number of quaternary nitrogens is 1. The first-order chi connectivity index (χ1) is 24.8. The Bertz CT molecular complexity index is 1930. The molecule has 284 valence electrons. The van der Waals surface area contributed by atoms with Crippen LogP contribution in [0.15, 0.2) is 33.9 Å². The van der Waals surface area contributed by atoms with Gasteiger partial charge in [-0.15, -0.1) is 23.1 Å². The molecule has 6 rings (SSSR count). The number of Topliss-reactive ketones (excluding diaryl/α,β-unsaturated/α-hetero) is 2.